The molecule has 6 rings (SSSR count). The van der Waals surface area contributed by atoms with E-state index in [-0.39, 0.29) is 35.9 Å². The van der Waals surface area contributed by atoms with Gasteiger partial charge in [0.15, 0.2) is 5.82 Å². The molecule has 4 aliphatic rings. The van der Waals surface area contributed by atoms with Gasteiger partial charge in [-0.25, -0.2) is 4.39 Å². The number of aryl methyl sites for hydroxylation is 1. The van der Waals surface area contributed by atoms with Gasteiger partial charge in [-0.15, -0.1) is 10.2 Å². The fourth-order valence-corrected chi connectivity index (χ4v) is 6.31. The van der Waals surface area contributed by atoms with Crippen LogP contribution in [0.15, 0.2) is 24.3 Å². The highest BCUT2D eigenvalue weighted by Gasteiger charge is 2.59. The van der Waals surface area contributed by atoms with Crippen molar-refractivity contribution >= 4 is 5.91 Å². The number of hydrogen-bond donors (Lipinski definition) is 2. The standard InChI is InChI=1S/C21H27FN6O/c1-14-25-27-28(26-14)21-9-15-6-16(10-21)8-20(7-15,13-21)24-12-19(29)23-11-17-4-2-3-5-18(17)22/h2-5,15-16,24H,6-13H2,1H3,(H,23,29)/t15-,16-,20?,21?/m0/s1. The number of amides is 1. The lowest BCUT2D eigenvalue weighted by Gasteiger charge is -2.61. The second-order valence-corrected chi connectivity index (χ2v) is 9.31. The van der Waals surface area contributed by atoms with E-state index in [9.17, 15) is 9.18 Å². The highest BCUT2D eigenvalue weighted by molar-refractivity contribution is 5.78. The molecule has 0 saturated heterocycles. The SMILES string of the molecule is Cc1nnn(C23C[C@H]4C[C@@H](CC(NCC(=O)NCc5ccccc5F)(C4)C2)C3)n1. The Hall–Kier alpha value is -2.35. The van der Waals surface area contributed by atoms with Crippen LogP contribution in [-0.2, 0) is 16.9 Å². The van der Waals surface area contributed by atoms with E-state index in [1.807, 2.05) is 11.7 Å². The molecule has 4 fully saturated rings. The Kier molecular flexibility index (Phi) is 4.42. The van der Waals surface area contributed by atoms with E-state index in [1.54, 1.807) is 18.2 Å². The fourth-order valence-electron chi connectivity index (χ4n) is 6.31. The zero-order valence-corrected chi connectivity index (χ0v) is 16.7. The zero-order valence-electron chi connectivity index (χ0n) is 16.7. The van der Waals surface area contributed by atoms with Crippen LogP contribution in [0, 0.1) is 24.6 Å². The van der Waals surface area contributed by atoms with Crippen molar-refractivity contribution < 1.29 is 9.18 Å². The van der Waals surface area contributed by atoms with Crippen LogP contribution < -0.4 is 10.6 Å². The molecule has 4 aliphatic carbocycles. The van der Waals surface area contributed by atoms with Gasteiger partial charge < -0.3 is 10.6 Å². The number of carbonyl (C=O) groups is 1. The summed E-state index contributed by atoms with van der Waals surface area (Å²) in [6.07, 6.45) is 6.59. The molecule has 0 spiro atoms. The highest BCUT2D eigenvalue weighted by Crippen LogP contribution is 2.60. The summed E-state index contributed by atoms with van der Waals surface area (Å²) in [6.45, 7) is 2.32. The van der Waals surface area contributed by atoms with E-state index < -0.39 is 0 Å². The molecule has 2 N–H and O–H groups in total. The average Bonchev–Trinajstić information content (AvgIpc) is 3.12. The van der Waals surface area contributed by atoms with Crippen LogP contribution in [0.25, 0.3) is 0 Å². The summed E-state index contributed by atoms with van der Waals surface area (Å²) in [4.78, 5) is 14.3. The first kappa shape index (κ1) is 18.7. The Morgan fingerprint density at radius 2 is 2.00 bits per heavy atom. The zero-order chi connectivity index (χ0) is 20.1. The number of benzene rings is 1. The Balaban J connectivity index is 1.25. The van der Waals surface area contributed by atoms with Crippen molar-refractivity contribution in [3.8, 4) is 0 Å². The normalized spacial score (nSPS) is 32.5. The average molecular weight is 398 g/mol. The predicted molar refractivity (Wildman–Crippen MR) is 104 cm³/mol. The second kappa shape index (κ2) is 6.86. The van der Waals surface area contributed by atoms with Crippen molar-refractivity contribution in [2.45, 2.75) is 63.1 Å². The molecule has 4 saturated carbocycles. The Bertz CT molecular complexity index is 913. The van der Waals surface area contributed by atoms with E-state index in [4.69, 9.17) is 0 Å². The van der Waals surface area contributed by atoms with Crippen molar-refractivity contribution in [2.75, 3.05) is 6.54 Å². The highest BCUT2D eigenvalue weighted by atomic mass is 19.1. The van der Waals surface area contributed by atoms with Gasteiger partial charge in [-0.1, -0.05) is 18.2 Å². The summed E-state index contributed by atoms with van der Waals surface area (Å²) in [6, 6.07) is 6.53. The first-order chi connectivity index (χ1) is 14.0. The van der Waals surface area contributed by atoms with Gasteiger partial charge in [0, 0.05) is 17.6 Å². The molecule has 4 bridgehead atoms. The molecule has 8 heteroatoms. The second-order valence-electron chi connectivity index (χ2n) is 9.31. The maximum Gasteiger partial charge on any atom is 0.234 e. The van der Waals surface area contributed by atoms with Gasteiger partial charge in [0.2, 0.25) is 5.91 Å². The number of nitrogens with zero attached hydrogens (tertiary/aromatic N) is 4. The van der Waals surface area contributed by atoms with Gasteiger partial charge in [-0.3, -0.25) is 4.79 Å². The molecule has 154 valence electrons. The van der Waals surface area contributed by atoms with Crippen LogP contribution in [0.1, 0.15) is 49.9 Å². The molecule has 1 heterocycles. The van der Waals surface area contributed by atoms with Crippen molar-refractivity contribution in [2.24, 2.45) is 11.8 Å². The lowest BCUT2D eigenvalue weighted by atomic mass is 9.50. The van der Waals surface area contributed by atoms with Gasteiger partial charge >= 0.3 is 0 Å². The molecule has 0 radical (unpaired) electrons. The van der Waals surface area contributed by atoms with E-state index in [0.29, 0.717) is 23.2 Å². The van der Waals surface area contributed by atoms with Crippen LogP contribution in [0.5, 0.6) is 0 Å². The van der Waals surface area contributed by atoms with Crippen molar-refractivity contribution in [1.82, 2.24) is 30.8 Å². The van der Waals surface area contributed by atoms with Gasteiger partial charge in [-0.2, -0.15) is 4.80 Å². The fraction of sp³-hybridized carbons (Fsp3) is 0.619. The van der Waals surface area contributed by atoms with Crippen molar-refractivity contribution in [3.63, 3.8) is 0 Å². The molecular weight excluding hydrogens is 371 g/mol. The summed E-state index contributed by atoms with van der Waals surface area (Å²) >= 11 is 0. The molecule has 2 atom stereocenters. The molecule has 1 aromatic carbocycles. The summed E-state index contributed by atoms with van der Waals surface area (Å²) < 4.78 is 13.7. The van der Waals surface area contributed by atoms with Crippen molar-refractivity contribution in [1.29, 1.82) is 0 Å². The molecule has 7 nitrogen and oxygen atoms in total. The maximum atomic E-state index is 13.7. The third-order valence-electron chi connectivity index (χ3n) is 7.03. The van der Waals surface area contributed by atoms with E-state index in [1.165, 1.54) is 12.5 Å². The van der Waals surface area contributed by atoms with E-state index in [0.717, 1.165) is 32.1 Å². The predicted octanol–water partition coefficient (Wildman–Crippen LogP) is 2.07. The molecule has 29 heavy (non-hydrogen) atoms. The minimum Gasteiger partial charge on any atom is -0.351 e. The Labute approximate surface area is 169 Å². The number of rotatable bonds is 6. The topological polar surface area (TPSA) is 84.7 Å². The largest absolute Gasteiger partial charge is 0.351 e. The first-order valence-electron chi connectivity index (χ1n) is 10.5. The molecular formula is C21H27FN6O. The number of halogens is 1. The quantitative estimate of drug-likeness (QED) is 0.778. The third-order valence-corrected chi connectivity index (χ3v) is 7.03. The summed E-state index contributed by atoms with van der Waals surface area (Å²) in [5, 5.41) is 19.4. The molecule has 0 unspecified atom stereocenters. The van der Waals surface area contributed by atoms with Gasteiger partial charge in [0.25, 0.3) is 0 Å². The lowest BCUT2D eigenvalue weighted by Crippen LogP contribution is -2.66. The van der Waals surface area contributed by atoms with Crippen LogP contribution >= 0.6 is 0 Å². The summed E-state index contributed by atoms with van der Waals surface area (Å²) in [5.41, 5.74) is 0.366. The van der Waals surface area contributed by atoms with Crippen LogP contribution in [0.2, 0.25) is 0 Å². The van der Waals surface area contributed by atoms with Crippen LogP contribution in [0.4, 0.5) is 4.39 Å². The monoisotopic (exact) mass is 398 g/mol. The molecule has 0 aliphatic heterocycles. The van der Waals surface area contributed by atoms with E-state index >= 15 is 0 Å². The van der Waals surface area contributed by atoms with Crippen molar-refractivity contribution in [3.05, 3.63) is 41.5 Å². The lowest BCUT2D eigenvalue weighted by molar-refractivity contribution is -0.123. The summed E-state index contributed by atoms with van der Waals surface area (Å²) in [7, 11) is 0. The van der Waals surface area contributed by atoms with Crippen LogP contribution in [0.3, 0.4) is 0 Å². The van der Waals surface area contributed by atoms with Gasteiger partial charge in [0.05, 0.1) is 12.1 Å². The number of hydrogen-bond acceptors (Lipinski definition) is 5. The van der Waals surface area contributed by atoms with E-state index in [2.05, 4.69) is 26.0 Å². The van der Waals surface area contributed by atoms with Gasteiger partial charge in [0.1, 0.15) is 5.82 Å². The minimum atomic E-state index is -0.292. The Morgan fingerprint density at radius 1 is 1.24 bits per heavy atom. The minimum absolute atomic E-state index is 0.0546. The smallest absolute Gasteiger partial charge is 0.234 e. The molecule has 2 aromatic rings. The first-order valence-corrected chi connectivity index (χ1v) is 10.5. The Morgan fingerprint density at radius 3 is 2.69 bits per heavy atom. The maximum absolute atomic E-state index is 13.7. The molecule has 1 amide bonds. The number of tetrazole rings is 1. The number of nitrogens with one attached hydrogen (secondary N) is 2. The number of carbonyl (C=O) groups excluding carboxylic acids is 1. The third kappa shape index (κ3) is 3.43. The number of aromatic nitrogens is 4. The van der Waals surface area contributed by atoms with Gasteiger partial charge in [-0.05, 0) is 68.6 Å². The summed E-state index contributed by atoms with van der Waals surface area (Å²) in [5.74, 6) is 1.58. The molecule has 1 aromatic heterocycles. The van der Waals surface area contributed by atoms with Crippen LogP contribution in [-0.4, -0.2) is 38.2 Å².